The van der Waals surface area contributed by atoms with Gasteiger partial charge in [0.25, 0.3) is 0 Å². The van der Waals surface area contributed by atoms with Crippen molar-refractivity contribution in [2.45, 2.75) is 50.1 Å². The largest absolute Gasteiger partial charge is 0.363 e. The van der Waals surface area contributed by atoms with Crippen molar-refractivity contribution in [1.82, 2.24) is 0 Å². The normalized spacial score (nSPS) is 46.4. The first-order valence-corrected chi connectivity index (χ1v) is 5.46. The monoisotopic (exact) mass is 229 g/mol. The number of nitrogens with two attached hydrogens (primary N) is 1. The topological polar surface area (TPSA) is 73.9 Å². The van der Waals surface area contributed by atoms with Crippen molar-refractivity contribution in [1.29, 1.82) is 0 Å². The summed E-state index contributed by atoms with van der Waals surface area (Å²) >= 11 is 0. The molecule has 2 saturated heterocycles. The zero-order valence-corrected chi connectivity index (χ0v) is 9.68. The molecule has 2 heterocycles. The molecule has 5 nitrogen and oxygen atoms in total. The molecule has 0 bridgehead atoms. The van der Waals surface area contributed by atoms with Crippen LogP contribution in [0.1, 0.15) is 20.3 Å². The predicted molar refractivity (Wildman–Crippen MR) is 57.5 cm³/mol. The molecular weight excluding hydrogens is 210 g/mol. The van der Waals surface area contributed by atoms with Crippen molar-refractivity contribution in [3.63, 3.8) is 0 Å². The van der Waals surface area contributed by atoms with Crippen LogP contribution in [-0.2, 0) is 14.2 Å². The van der Waals surface area contributed by atoms with Crippen molar-refractivity contribution >= 4 is 0 Å². The van der Waals surface area contributed by atoms with Crippen LogP contribution in [0.2, 0.25) is 0 Å². The third kappa shape index (κ3) is 1.89. The van der Waals surface area contributed by atoms with Gasteiger partial charge >= 0.3 is 0 Å². The van der Waals surface area contributed by atoms with Gasteiger partial charge in [0.05, 0.1) is 12.6 Å². The molecule has 5 heteroatoms. The molecule has 2 rings (SSSR count). The van der Waals surface area contributed by atoms with Crippen LogP contribution in [0.15, 0.2) is 12.7 Å². The molecule has 0 aromatic heterocycles. The number of rotatable bonds is 2. The van der Waals surface area contributed by atoms with E-state index in [-0.39, 0.29) is 18.8 Å². The van der Waals surface area contributed by atoms with Crippen molar-refractivity contribution in [2.75, 3.05) is 6.61 Å². The molecule has 4 atom stereocenters. The number of hydrogen-bond acceptors (Lipinski definition) is 5. The molecule has 0 aliphatic carbocycles. The predicted octanol–water partition coefficient (Wildman–Crippen LogP) is 0.129. The van der Waals surface area contributed by atoms with E-state index in [9.17, 15) is 5.11 Å². The fourth-order valence-corrected chi connectivity index (χ4v) is 2.25. The first-order chi connectivity index (χ1) is 7.38. The second-order valence-electron chi connectivity index (χ2n) is 4.83. The van der Waals surface area contributed by atoms with Crippen molar-refractivity contribution < 1.29 is 19.3 Å². The molecule has 2 fully saturated rings. The second kappa shape index (κ2) is 3.78. The second-order valence-corrected chi connectivity index (χ2v) is 4.83. The molecule has 0 amide bonds. The summed E-state index contributed by atoms with van der Waals surface area (Å²) < 4.78 is 16.7. The van der Waals surface area contributed by atoms with Crippen LogP contribution in [0.4, 0.5) is 0 Å². The number of hydrogen-bond donors (Lipinski definition) is 2. The van der Waals surface area contributed by atoms with E-state index in [1.54, 1.807) is 19.9 Å². The summed E-state index contributed by atoms with van der Waals surface area (Å²) in [6.07, 6.45) is 0.987. The summed E-state index contributed by atoms with van der Waals surface area (Å²) in [7, 11) is 0. The summed E-state index contributed by atoms with van der Waals surface area (Å²) in [4.78, 5) is 0. The van der Waals surface area contributed by atoms with Crippen LogP contribution < -0.4 is 5.73 Å². The van der Waals surface area contributed by atoms with Gasteiger partial charge in [0, 0.05) is 6.42 Å². The van der Waals surface area contributed by atoms with E-state index < -0.39 is 17.7 Å². The Hall–Kier alpha value is -0.460. The Bertz CT molecular complexity index is 294. The molecule has 0 spiro atoms. The summed E-state index contributed by atoms with van der Waals surface area (Å²) in [5.74, 6) is -2.12. The van der Waals surface area contributed by atoms with E-state index in [4.69, 9.17) is 19.9 Å². The molecule has 0 aromatic rings. The van der Waals surface area contributed by atoms with Crippen LogP contribution >= 0.6 is 0 Å². The van der Waals surface area contributed by atoms with Gasteiger partial charge in [-0.05, 0) is 13.8 Å². The Morgan fingerprint density at radius 2 is 2.19 bits per heavy atom. The molecule has 2 aliphatic heterocycles. The molecule has 0 aromatic carbocycles. The van der Waals surface area contributed by atoms with Gasteiger partial charge in [0.2, 0.25) is 0 Å². The third-order valence-corrected chi connectivity index (χ3v) is 2.96. The van der Waals surface area contributed by atoms with Gasteiger partial charge in [-0.2, -0.15) is 0 Å². The van der Waals surface area contributed by atoms with Gasteiger partial charge in [-0.3, -0.25) is 0 Å². The number of aliphatic hydroxyl groups is 1. The Kier molecular flexibility index (Phi) is 2.84. The lowest BCUT2D eigenvalue weighted by atomic mass is 9.93. The molecule has 0 radical (unpaired) electrons. The maximum atomic E-state index is 10.3. The maximum absolute atomic E-state index is 10.3. The first kappa shape index (κ1) is 12.0. The zero-order valence-electron chi connectivity index (χ0n) is 9.68. The Morgan fingerprint density at radius 1 is 1.50 bits per heavy atom. The van der Waals surface area contributed by atoms with Gasteiger partial charge in [0.15, 0.2) is 11.6 Å². The van der Waals surface area contributed by atoms with Gasteiger partial charge in [-0.25, -0.2) is 0 Å². The highest BCUT2D eigenvalue weighted by atomic mass is 16.8. The quantitative estimate of drug-likeness (QED) is 0.658. The fraction of sp³-hybridized carbons (Fsp3) is 0.818. The molecule has 2 aliphatic rings. The lowest BCUT2D eigenvalue weighted by Crippen LogP contribution is -2.61. The van der Waals surface area contributed by atoms with Crippen LogP contribution in [0.25, 0.3) is 0 Å². The molecule has 16 heavy (non-hydrogen) atoms. The third-order valence-electron chi connectivity index (χ3n) is 2.96. The lowest BCUT2D eigenvalue weighted by Gasteiger charge is -2.41. The van der Waals surface area contributed by atoms with Gasteiger partial charge < -0.3 is 25.1 Å². The average molecular weight is 229 g/mol. The van der Waals surface area contributed by atoms with E-state index in [2.05, 4.69) is 6.58 Å². The van der Waals surface area contributed by atoms with Gasteiger partial charge in [0.1, 0.15) is 12.2 Å². The van der Waals surface area contributed by atoms with Gasteiger partial charge in [-0.15, -0.1) is 6.58 Å². The number of fused-ring (bicyclic) bond motifs is 1. The molecule has 3 N–H and O–H groups in total. The summed E-state index contributed by atoms with van der Waals surface area (Å²) in [6, 6.07) is -0.281. The minimum atomic E-state index is -1.38. The smallest absolute Gasteiger partial charge is 0.198 e. The van der Waals surface area contributed by atoms with Crippen molar-refractivity contribution in [3.8, 4) is 0 Å². The average Bonchev–Trinajstić information content (AvgIpc) is 2.51. The van der Waals surface area contributed by atoms with Crippen LogP contribution in [0, 0.1) is 0 Å². The molecule has 92 valence electrons. The van der Waals surface area contributed by atoms with Crippen LogP contribution in [0.5, 0.6) is 0 Å². The van der Waals surface area contributed by atoms with E-state index in [1.165, 1.54) is 0 Å². The summed E-state index contributed by atoms with van der Waals surface area (Å²) in [5.41, 5.74) is 5.89. The minimum Gasteiger partial charge on any atom is -0.363 e. The van der Waals surface area contributed by atoms with E-state index >= 15 is 0 Å². The highest BCUT2D eigenvalue weighted by molar-refractivity contribution is 5.02. The van der Waals surface area contributed by atoms with Crippen molar-refractivity contribution in [3.05, 3.63) is 12.7 Å². The highest BCUT2D eigenvalue weighted by Gasteiger charge is 2.57. The zero-order chi connectivity index (χ0) is 12.0. The highest BCUT2D eigenvalue weighted by Crippen LogP contribution is 2.40. The SMILES string of the molecule is C=CCC1(O)OC[C@H](N)[C@@H]2OC(C)(C)O[C@@H]21. The molecular formula is C11H19NO4. The Morgan fingerprint density at radius 3 is 2.81 bits per heavy atom. The minimum absolute atomic E-state index is 0.255. The Labute approximate surface area is 95.2 Å². The maximum Gasteiger partial charge on any atom is 0.198 e. The molecule has 0 saturated carbocycles. The summed E-state index contributed by atoms with van der Waals surface area (Å²) in [6.45, 7) is 7.45. The van der Waals surface area contributed by atoms with E-state index in [0.29, 0.717) is 6.42 Å². The van der Waals surface area contributed by atoms with Gasteiger partial charge in [-0.1, -0.05) is 6.08 Å². The first-order valence-electron chi connectivity index (χ1n) is 5.46. The summed E-state index contributed by atoms with van der Waals surface area (Å²) in [5, 5.41) is 10.3. The van der Waals surface area contributed by atoms with Crippen molar-refractivity contribution in [2.24, 2.45) is 5.73 Å². The van der Waals surface area contributed by atoms with Crippen LogP contribution in [-0.4, -0.2) is 41.5 Å². The molecule has 1 unspecified atom stereocenters. The number of ether oxygens (including phenoxy) is 3. The van der Waals surface area contributed by atoms with Crippen LogP contribution in [0.3, 0.4) is 0 Å². The lowest BCUT2D eigenvalue weighted by molar-refractivity contribution is -0.287. The fourth-order valence-electron chi connectivity index (χ4n) is 2.25. The van der Waals surface area contributed by atoms with E-state index in [1.807, 2.05) is 0 Å². The van der Waals surface area contributed by atoms with E-state index in [0.717, 1.165) is 0 Å². The standard InChI is InChI=1S/C11H19NO4/c1-4-5-11(13)9-8(7(12)6-14-11)15-10(2,3)16-9/h4,7-9,13H,1,5-6,12H2,2-3H3/t7-,8-,9-,11?/m0/s1. The Balaban J connectivity index is 2.23.